The minimum Gasteiger partial charge on any atom is -0.355 e. The lowest BCUT2D eigenvalue weighted by molar-refractivity contribution is 0.724. The summed E-state index contributed by atoms with van der Waals surface area (Å²) < 4.78 is 0. The standard InChI is InChI=1S/C20H23N5/c1-21-20(22-14-18-12-13-24-25-18)23-15-19(16-8-4-2-5-9-16)17-10-6-3-7-11-17/h2-13,19H,14-15H2,1H3,(H,24,25)(H2,21,22,23). The van der Waals surface area contributed by atoms with Crippen LogP contribution in [0.1, 0.15) is 22.7 Å². The molecule has 0 saturated heterocycles. The second kappa shape index (κ2) is 8.68. The van der Waals surface area contributed by atoms with Crippen LogP contribution in [0.3, 0.4) is 0 Å². The molecule has 0 atom stereocenters. The number of aromatic amines is 1. The van der Waals surface area contributed by atoms with Gasteiger partial charge in [0.15, 0.2) is 5.96 Å². The van der Waals surface area contributed by atoms with E-state index in [1.807, 2.05) is 18.2 Å². The van der Waals surface area contributed by atoms with Crippen molar-refractivity contribution in [2.24, 2.45) is 4.99 Å². The average molecular weight is 333 g/mol. The lowest BCUT2D eigenvalue weighted by Crippen LogP contribution is -2.39. The topological polar surface area (TPSA) is 65.1 Å². The summed E-state index contributed by atoms with van der Waals surface area (Å²) in [5.41, 5.74) is 3.58. The van der Waals surface area contributed by atoms with Crippen LogP contribution in [0.4, 0.5) is 0 Å². The first-order valence-corrected chi connectivity index (χ1v) is 8.39. The van der Waals surface area contributed by atoms with E-state index in [-0.39, 0.29) is 5.92 Å². The molecule has 3 rings (SSSR count). The van der Waals surface area contributed by atoms with Crippen LogP contribution >= 0.6 is 0 Å². The van der Waals surface area contributed by atoms with Crippen LogP contribution in [0.5, 0.6) is 0 Å². The molecular weight excluding hydrogens is 310 g/mol. The highest BCUT2D eigenvalue weighted by Gasteiger charge is 2.14. The minimum atomic E-state index is 0.258. The van der Waals surface area contributed by atoms with Crippen molar-refractivity contribution < 1.29 is 0 Å². The first-order chi connectivity index (χ1) is 12.4. The van der Waals surface area contributed by atoms with Gasteiger partial charge in [-0.1, -0.05) is 60.7 Å². The molecule has 3 N–H and O–H groups in total. The molecular formula is C20H23N5. The summed E-state index contributed by atoms with van der Waals surface area (Å²) in [7, 11) is 1.78. The summed E-state index contributed by atoms with van der Waals surface area (Å²) in [5.74, 6) is 1.03. The summed E-state index contributed by atoms with van der Waals surface area (Å²) >= 11 is 0. The van der Waals surface area contributed by atoms with Gasteiger partial charge >= 0.3 is 0 Å². The average Bonchev–Trinajstić information content (AvgIpc) is 3.20. The highest BCUT2D eigenvalue weighted by atomic mass is 15.2. The SMILES string of the molecule is CN=C(NCc1ccn[nH]1)NCC(c1ccccc1)c1ccccc1. The fourth-order valence-corrected chi connectivity index (χ4v) is 2.78. The van der Waals surface area contributed by atoms with Gasteiger partial charge in [-0.3, -0.25) is 10.1 Å². The molecule has 1 heterocycles. The zero-order valence-electron chi connectivity index (χ0n) is 14.3. The summed E-state index contributed by atoms with van der Waals surface area (Å²) in [6, 6.07) is 23.0. The van der Waals surface area contributed by atoms with Crippen molar-refractivity contribution in [2.75, 3.05) is 13.6 Å². The molecule has 1 aromatic heterocycles. The quantitative estimate of drug-likeness (QED) is 0.480. The Bertz CT molecular complexity index is 727. The fraction of sp³-hybridized carbons (Fsp3) is 0.200. The molecule has 3 aromatic rings. The predicted octanol–water partition coefficient (Wildman–Crippen LogP) is 2.91. The number of hydrogen-bond donors (Lipinski definition) is 3. The third kappa shape index (κ3) is 4.70. The Morgan fingerprint density at radius 3 is 2.12 bits per heavy atom. The van der Waals surface area contributed by atoms with Crippen LogP contribution in [-0.4, -0.2) is 29.7 Å². The van der Waals surface area contributed by atoms with Gasteiger partial charge in [-0.15, -0.1) is 0 Å². The third-order valence-corrected chi connectivity index (χ3v) is 4.11. The largest absolute Gasteiger partial charge is 0.355 e. The molecule has 0 bridgehead atoms. The second-order valence-corrected chi connectivity index (χ2v) is 5.76. The van der Waals surface area contributed by atoms with Crippen molar-refractivity contribution in [3.63, 3.8) is 0 Å². The maximum Gasteiger partial charge on any atom is 0.191 e. The molecule has 2 aromatic carbocycles. The maximum atomic E-state index is 4.31. The van der Waals surface area contributed by atoms with Crippen LogP contribution in [-0.2, 0) is 6.54 Å². The third-order valence-electron chi connectivity index (χ3n) is 4.11. The molecule has 25 heavy (non-hydrogen) atoms. The number of hydrogen-bond acceptors (Lipinski definition) is 2. The van der Waals surface area contributed by atoms with Gasteiger partial charge < -0.3 is 10.6 Å². The summed E-state index contributed by atoms with van der Waals surface area (Å²) in [4.78, 5) is 4.31. The molecule has 0 radical (unpaired) electrons. The van der Waals surface area contributed by atoms with Gasteiger partial charge in [-0.05, 0) is 17.2 Å². The van der Waals surface area contributed by atoms with Crippen molar-refractivity contribution in [3.8, 4) is 0 Å². The number of H-pyrrole nitrogens is 1. The van der Waals surface area contributed by atoms with E-state index in [1.54, 1.807) is 13.2 Å². The fourth-order valence-electron chi connectivity index (χ4n) is 2.78. The monoisotopic (exact) mass is 333 g/mol. The van der Waals surface area contributed by atoms with Crippen molar-refractivity contribution >= 4 is 5.96 Å². The molecule has 0 fully saturated rings. The number of aromatic nitrogens is 2. The van der Waals surface area contributed by atoms with Crippen LogP contribution in [0, 0.1) is 0 Å². The normalized spacial score (nSPS) is 11.5. The van der Waals surface area contributed by atoms with E-state index in [4.69, 9.17) is 0 Å². The highest BCUT2D eigenvalue weighted by molar-refractivity contribution is 5.79. The lowest BCUT2D eigenvalue weighted by Gasteiger charge is -2.20. The van der Waals surface area contributed by atoms with Crippen molar-refractivity contribution in [1.82, 2.24) is 20.8 Å². The van der Waals surface area contributed by atoms with Crippen molar-refractivity contribution in [2.45, 2.75) is 12.5 Å². The Morgan fingerprint density at radius 1 is 0.960 bits per heavy atom. The predicted molar refractivity (Wildman–Crippen MR) is 102 cm³/mol. The number of guanidine groups is 1. The molecule has 0 spiro atoms. The second-order valence-electron chi connectivity index (χ2n) is 5.76. The number of aliphatic imine (C=N–C) groups is 1. The Hall–Kier alpha value is -3.08. The minimum absolute atomic E-state index is 0.258. The molecule has 0 amide bonds. The van der Waals surface area contributed by atoms with E-state index < -0.39 is 0 Å². The Balaban J connectivity index is 1.67. The van der Waals surface area contributed by atoms with E-state index in [1.165, 1.54) is 11.1 Å². The summed E-state index contributed by atoms with van der Waals surface area (Å²) in [6.45, 7) is 1.41. The molecule has 128 valence electrons. The molecule has 0 unspecified atom stereocenters. The van der Waals surface area contributed by atoms with Crippen molar-refractivity contribution in [1.29, 1.82) is 0 Å². The van der Waals surface area contributed by atoms with Crippen molar-refractivity contribution in [3.05, 3.63) is 89.7 Å². The molecule has 5 nitrogen and oxygen atoms in total. The van der Waals surface area contributed by atoms with E-state index >= 15 is 0 Å². The number of benzene rings is 2. The lowest BCUT2D eigenvalue weighted by atomic mass is 9.91. The van der Waals surface area contributed by atoms with Gasteiger partial charge in [-0.2, -0.15) is 5.10 Å². The summed E-state index contributed by atoms with van der Waals surface area (Å²) in [6.07, 6.45) is 1.74. The zero-order chi connectivity index (χ0) is 17.3. The van der Waals surface area contributed by atoms with E-state index in [0.717, 1.165) is 18.2 Å². The Kier molecular flexibility index (Phi) is 5.82. The van der Waals surface area contributed by atoms with Gasteiger partial charge in [0.25, 0.3) is 0 Å². The van der Waals surface area contributed by atoms with Gasteiger partial charge in [-0.25, -0.2) is 0 Å². The van der Waals surface area contributed by atoms with Crippen LogP contribution in [0.25, 0.3) is 0 Å². The smallest absolute Gasteiger partial charge is 0.191 e. The molecule has 0 aliphatic heterocycles. The van der Waals surface area contributed by atoms with E-state index in [0.29, 0.717) is 6.54 Å². The Labute approximate surface area is 148 Å². The van der Waals surface area contributed by atoms with Gasteiger partial charge in [0.1, 0.15) is 0 Å². The molecule has 0 aliphatic carbocycles. The maximum absolute atomic E-state index is 4.31. The Morgan fingerprint density at radius 2 is 1.60 bits per heavy atom. The van der Waals surface area contributed by atoms with E-state index in [2.05, 4.69) is 74.4 Å². The molecule has 0 aliphatic rings. The molecule has 0 saturated carbocycles. The first kappa shape index (κ1) is 16.8. The van der Waals surface area contributed by atoms with Gasteiger partial charge in [0.2, 0.25) is 0 Å². The number of nitrogens with one attached hydrogen (secondary N) is 3. The van der Waals surface area contributed by atoms with Crippen LogP contribution in [0.2, 0.25) is 0 Å². The number of nitrogens with zero attached hydrogens (tertiary/aromatic N) is 2. The zero-order valence-corrected chi connectivity index (χ0v) is 14.3. The van der Waals surface area contributed by atoms with Gasteiger partial charge in [0, 0.05) is 25.7 Å². The van der Waals surface area contributed by atoms with Crippen LogP contribution < -0.4 is 10.6 Å². The number of rotatable bonds is 6. The van der Waals surface area contributed by atoms with Gasteiger partial charge in [0.05, 0.1) is 12.2 Å². The highest BCUT2D eigenvalue weighted by Crippen LogP contribution is 2.23. The van der Waals surface area contributed by atoms with Crippen LogP contribution in [0.15, 0.2) is 77.9 Å². The van der Waals surface area contributed by atoms with E-state index in [9.17, 15) is 0 Å². The summed E-state index contributed by atoms with van der Waals surface area (Å²) in [5, 5.41) is 13.6. The first-order valence-electron chi connectivity index (χ1n) is 8.39. The molecule has 5 heteroatoms.